The summed E-state index contributed by atoms with van der Waals surface area (Å²) < 4.78 is 38.4. The molecule has 2 aromatic heterocycles. The summed E-state index contributed by atoms with van der Waals surface area (Å²) in [5, 5.41) is 22.8. The Labute approximate surface area is 266 Å². The number of aliphatic hydroxyl groups excluding tert-OH is 1. The molecule has 1 unspecified atom stereocenters. The van der Waals surface area contributed by atoms with Crippen molar-refractivity contribution in [1.29, 1.82) is 0 Å². The molecular weight excluding hydrogens is 588 g/mol. The van der Waals surface area contributed by atoms with Crippen LogP contribution < -0.4 is 9.64 Å². The first-order chi connectivity index (χ1) is 22.2. The van der Waals surface area contributed by atoms with Crippen molar-refractivity contribution in [3.8, 4) is 23.0 Å². The highest BCUT2D eigenvalue weighted by atomic mass is 19.1. The second-order valence-corrected chi connectivity index (χ2v) is 14.8. The van der Waals surface area contributed by atoms with E-state index >= 15 is 4.39 Å². The fourth-order valence-electron chi connectivity index (χ4n) is 9.48. The number of ether oxygens (including phenoxy) is 1. The maximum absolute atomic E-state index is 16.9. The Balaban J connectivity index is 1.18. The Bertz CT molecular complexity index is 1900. The average Bonchev–Trinajstić information content (AvgIpc) is 3.47. The molecule has 0 radical (unpaired) electrons. The molecule has 2 aromatic carbocycles. The number of fused-ring (bicyclic) bond motifs is 5. The molecule has 240 valence electrons. The number of benzene rings is 2. The Morgan fingerprint density at radius 2 is 1.96 bits per heavy atom. The van der Waals surface area contributed by atoms with Gasteiger partial charge in [-0.05, 0) is 104 Å². The number of hydrogen-bond donors (Lipinski definition) is 2. The molecule has 10 heteroatoms. The summed E-state index contributed by atoms with van der Waals surface area (Å²) in [6.07, 6.45) is 9.26. The van der Waals surface area contributed by atoms with Gasteiger partial charge in [-0.3, -0.25) is 9.88 Å². The minimum Gasteiger partial charge on any atom is -0.508 e. The molecule has 3 saturated heterocycles. The molecule has 8 nitrogen and oxygen atoms in total. The van der Waals surface area contributed by atoms with Crippen LogP contribution in [-0.2, 0) is 6.42 Å². The first kappa shape index (κ1) is 28.6. The maximum Gasteiger partial charge on any atom is 0.319 e. The van der Waals surface area contributed by atoms with Crippen molar-refractivity contribution in [1.82, 2.24) is 19.9 Å². The average molecular weight is 628 g/mol. The van der Waals surface area contributed by atoms with Gasteiger partial charge >= 0.3 is 6.01 Å². The van der Waals surface area contributed by atoms with Crippen molar-refractivity contribution in [3.05, 3.63) is 47.7 Å². The van der Waals surface area contributed by atoms with Gasteiger partial charge in [0.1, 0.15) is 35.2 Å². The van der Waals surface area contributed by atoms with E-state index in [2.05, 4.69) is 14.8 Å². The first-order valence-electron chi connectivity index (χ1n) is 16.9. The highest BCUT2D eigenvalue weighted by Crippen LogP contribution is 2.60. The topological polar surface area (TPSA) is 94.8 Å². The second kappa shape index (κ2) is 10.2. The van der Waals surface area contributed by atoms with Crippen LogP contribution in [0.1, 0.15) is 57.4 Å². The van der Waals surface area contributed by atoms with Gasteiger partial charge in [0.25, 0.3) is 0 Å². The van der Waals surface area contributed by atoms with Crippen LogP contribution in [0.15, 0.2) is 30.5 Å². The monoisotopic (exact) mass is 627 g/mol. The molecule has 2 N–H and O–H groups in total. The van der Waals surface area contributed by atoms with Crippen LogP contribution >= 0.6 is 0 Å². The molecule has 5 heterocycles. The van der Waals surface area contributed by atoms with Crippen molar-refractivity contribution in [2.75, 3.05) is 37.7 Å². The lowest BCUT2D eigenvalue weighted by molar-refractivity contribution is 0.107. The lowest BCUT2D eigenvalue weighted by Gasteiger charge is -2.34. The number of nitrogens with zero attached hydrogens (tertiary/aromatic N) is 5. The predicted octanol–water partition coefficient (Wildman–Crippen LogP) is 6.00. The van der Waals surface area contributed by atoms with Crippen molar-refractivity contribution in [2.45, 2.75) is 69.9 Å². The number of aryl methyl sites for hydroxylation is 1. The number of aliphatic hydroxyl groups is 1. The molecule has 4 atom stereocenters. The number of hydrogen-bond acceptors (Lipinski definition) is 8. The SMILES string of the molecule is CCc1c(F)ccc2cc(O)cc(-c3ncc4c(N5C[C@@H]6C[C@H](C5)[C@H](O)C6)nc(OCC56CCCN5CC5(CC5)C6)nc4c3F)c12. The predicted molar refractivity (Wildman–Crippen MR) is 171 cm³/mol. The standard InChI is InChI=1S/C36H39F2N5O3/c1-2-24-27(37)5-4-21-12-23(44)13-25(29(21)24)31-30(38)32-26(14-39-31)33(42-15-20-10-22(16-42)28(45)11-20)41-34(40-32)46-19-36-6-3-9-43(36)18-35(17-36)7-8-35/h4-5,12-14,20,22,28,44-45H,2-3,6-11,15-19H2,1H3/t20-,22-,28-,36?/m1/s1. The van der Waals surface area contributed by atoms with E-state index in [0.29, 0.717) is 70.6 Å². The van der Waals surface area contributed by atoms with Crippen LogP contribution in [-0.4, -0.2) is 74.5 Å². The summed E-state index contributed by atoms with van der Waals surface area (Å²) in [4.78, 5) is 18.9. The van der Waals surface area contributed by atoms with Crippen molar-refractivity contribution < 1.29 is 23.7 Å². The first-order valence-corrected chi connectivity index (χ1v) is 16.9. The third kappa shape index (κ3) is 4.39. The molecule has 2 bridgehead atoms. The summed E-state index contributed by atoms with van der Waals surface area (Å²) in [6, 6.07) is 6.11. The quantitative estimate of drug-likeness (QED) is 0.269. The summed E-state index contributed by atoms with van der Waals surface area (Å²) in [6.45, 7) is 5.84. The number of aromatic hydroxyl groups is 1. The summed E-state index contributed by atoms with van der Waals surface area (Å²) >= 11 is 0. The van der Waals surface area contributed by atoms with Crippen molar-refractivity contribution in [2.24, 2.45) is 17.3 Å². The van der Waals surface area contributed by atoms with Crippen LogP contribution in [0.4, 0.5) is 14.6 Å². The Hall–Kier alpha value is -3.63. The lowest BCUT2D eigenvalue weighted by Crippen LogP contribution is -2.43. The highest BCUT2D eigenvalue weighted by Gasteiger charge is 2.60. The van der Waals surface area contributed by atoms with Gasteiger partial charge in [0, 0.05) is 37.3 Å². The van der Waals surface area contributed by atoms with E-state index in [1.54, 1.807) is 18.3 Å². The van der Waals surface area contributed by atoms with E-state index in [0.717, 1.165) is 45.2 Å². The fourth-order valence-corrected chi connectivity index (χ4v) is 9.48. The van der Waals surface area contributed by atoms with Crippen LogP contribution in [0.2, 0.25) is 0 Å². The zero-order chi connectivity index (χ0) is 31.4. The van der Waals surface area contributed by atoms with Crippen LogP contribution in [0.5, 0.6) is 11.8 Å². The zero-order valence-electron chi connectivity index (χ0n) is 26.1. The van der Waals surface area contributed by atoms with E-state index < -0.39 is 5.82 Å². The molecule has 5 fully saturated rings. The Kier molecular flexibility index (Phi) is 6.33. The summed E-state index contributed by atoms with van der Waals surface area (Å²) in [7, 11) is 0. The number of phenolic OH excluding ortho intramolecular Hbond substituents is 1. The summed E-state index contributed by atoms with van der Waals surface area (Å²) in [5.41, 5.74) is 1.22. The molecule has 1 spiro atoms. The third-order valence-electron chi connectivity index (χ3n) is 11.8. The van der Waals surface area contributed by atoms with Crippen LogP contribution in [0, 0.1) is 28.9 Å². The Morgan fingerprint density at radius 1 is 1.09 bits per heavy atom. The maximum atomic E-state index is 16.9. The third-order valence-corrected chi connectivity index (χ3v) is 11.8. The molecule has 5 aliphatic rings. The minimum absolute atomic E-state index is 0.00883. The molecule has 2 aliphatic carbocycles. The van der Waals surface area contributed by atoms with Gasteiger partial charge in [0.15, 0.2) is 5.82 Å². The number of pyridine rings is 1. The Morgan fingerprint density at radius 3 is 2.76 bits per heavy atom. The number of aromatic nitrogens is 3. The zero-order valence-corrected chi connectivity index (χ0v) is 26.1. The second-order valence-electron chi connectivity index (χ2n) is 14.8. The van der Waals surface area contributed by atoms with E-state index in [-0.39, 0.29) is 46.3 Å². The molecule has 46 heavy (non-hydrogen) atoms. The van der Waals surface area contributed by atoms with Gasteiger partial charge < -0.3 is 19.8 Å². The number of anilines is 1. The van der Waals surface area contributed by atoms with E-state index in [4.69, 9.17) is 14.7 Å². The van der Waals surface area contributed by atoms with E-state index in [1.165, 1.54) is 25.0 Å². The molecule has 0 amide bonds. The van der Waals surface area contributed by atoms with E-state index in [9.17, 15) is 14.6 Å². The van der Waals surface area contributed by atoms with Gasteiger partial charge in [-0.15, -0.1) is 0 Å². The van der Waals surface area contributed by atoms with E-state index in [1.807, 2.05) is 6.92 Å². The van der Waals surface area contributed by atoms with Crippen molar-refractivity contribution in [3.63, 3.8) is 0 Å². The van der Waals surface area contributed by atoms with Crippen molar-refractivity contribution >= 4 is 27.5 Å². The van der Waals surface area contributed by atoms with Gasteiger partial charge in [-0.2, -0.15) is 9.97 Å². The molecule has 9 rings (SSSR count). The smallest absolute Gasteiger partial charge is 0.319 e. The van der Waals surface area contributed by atoms with Crippen LogP contribution in [0.3, 0.4) is 0 Å². The molecule has 4 aromatic rings. The number of halogens is 2. The number of phenols is 1. The largest absolute Gasteiger partial charge is 0.508 e. The minimum atomic E-state index is -0.664. The molecular formula is C36H39F2N5O3. The van der Waals surface area contributed by atoms with Gasteiger partial charge in [0.05, 0.1) is 17.0 Å². The highest BCUT2D eigenvalue weighted by molar-refractivity contribution is 6.01. The fraction of sp³-hybridized carbons (Fsp3) is 0.528. The van der Waals surface area contributed by atoms with Gasteiger partial charge in [-0.25, -0.2) is 8.78 Å². The molecule has 3 aliphatic heterocycles. The number of rotatable bonds is 6. The lowest BCUT2D eigenvalue weighted by atomic mass is 9.89. The van der Waals surface area contributed by atoms with Crippen LogP contribution in [0.25, 0.3) is 32.9 Å². The normalized spacial score (nSPS) is 28.1. The van der Waals surface area contributed by atoms with Gasteiger partial charge in [-0.1, -0.05) is 13.0 Å². The summed E-state index contributed by atoms with van der Waals surface area (Å²) in [5.74, 6) is -0.0784. The molecule has 2 saturated carbocycles. The van der Waals surface area contributed by atoms with Gasteiger partial charge in [0.2, 0.25) is 0 Å². The number of piperidine rings is 1.